The molecule has 1 aliphatic carbocycles. The highest BCUT2D eigenvalue weighted by molar-refractivity contribution is 5.67. The van der Waals surface area contributed by atoms with E-state index in [9.17, 15) is 4.79 Å². The van der Waals surface area contributed by atoms with Gasteiger partial charge in [0.15, 0.2) is 0 Å². The summed E-state index contributed by atoms with van der Waals surface area (Å²) >= 11 is 0. The molecule has 0 saturated heterocycles. The van der Waals surface area contributed by atoms with E-state index >= 15 is 0 Å². The third-order valence-electron chi connectivity index (χ3n) is 2.15. The highest BCUT2D eigenvalue weighted by atomic mass is 16.4. The summed E-state index contributed by atoms with van der Waals surface area (Å²) in [6.45, 7) is 0. The lowest BCUT2D eigenvalue weighted by Crippen LogP contribution is -2.26. The van der Waals surface area contributed by atoms with Crippen LogP contribution >= 0.6 is 0 Å². The van der Waals surface area contributed by atoms with Crippen LogP contribution in [0.25, 0.3) is 0 Å². The van der Waals surface area contributed by atoms with Crippen molar-refractivity contribution < 1.29 is 9.90 Å². The molecule has 0 aromatic rings. The van der Waals surface area contributed by atoms with E-state index in [1.807, 2.05) is 0 Å². The number of nitrogens with two attached hydrogens (primary N) is 1. The molecule has 0 amide bonds. The van der Waals surface area contributed by atoms with Crippen molar-refractivity contribution >= 4 is 5.97 Å². The molecule has 1 fully saturated rings. The first-order valence-electron chi connectivity index (χ1n) is 3.67. The molecule has 0 heterocycles. The topological polar surface area (TPSA) is 63.3 Å². The molecule has 2 atom stereocenters. The molecule has 2 unspecified atom stereocenters. The molecular formula is C7H13NO2. The molecule has 0 spiro atoms. The molecule has 1 rings (SSSR count). The van der Waals surface area contributed by atoms with Crippen molar-refractivity contribution in [1.29, 1.82) is 0 Å². The lowest BCUT2D eigenvalue weighted by atomic mass is 10.0. The zero-order valence-corrected chi connectivity index (χ0v) is 5.92. The minimum atomic E-state index is -0.720. The fraction of sp³-hybridized carbons (Fsp3) is 0.857. The van der Waals surface area contributed by atoms with Crippen LogP contribution in [0.5, 0.6) is 0 Å². The Kier molecular flexibility index (Phi) is 2.27. The van der Waals surface area contributed by atoms with Gasteiger partial charge in [-0.05, 0) is 18.8 Å². The normalized spacial score (nSPS) is 32.5. The Morgan fingerprint density at radius 3 is 2.70 bits per heavy atom. The molecule has 3 N–H and O–H groups in total. The average Bonchev–Trinajstić information content (AvgIpc) is 2.15. The van der Waals surface area contributed by atoms with Crippen molar-refractivity contribution in [1.82, 2.24) is 0 Å². The maximum absolute atomic E-state index is 10.2. The first kappa shape index (κ1) is 7.54. The van der Waals surface area contributed by atoms with E-state index in [0.717, 1.165) is 19.3 Å². The van der Waals surface area contributed by atoms with E-state index in [2.05, 4.69) is 0 Å². The van der Waals surface area contributed by atoms with E-state index in [1.165, 1.54) is 0 Å². The number of carboxylic acids is 1. The van der Waals surface area contributed by atoms with Crippen molar-refractivity contribution in [3.05, 3.63) is 0 Å². The molecule has 0 radical (unpaired) electrons. The fourth-order valence-corrected chi connectivity index (χ4v) is 1.54. The van der Waals surface area contributed by atoms with Gasteiger partial charge in [-0.3, -0.25) is 4.79 Å². The Morgan fingerprint density at radius 2 is 2.30 bits per heavy atom. The Bertz CT molecular complexity index is 136. The van der Waals surface area contributed by atoms with Crippen molar-refractivity contribution in [2.45, 2.75) is 31.7 Å². The maximum Gasteiger partial charge on any atom is 0.303 e. The molecule has 3 nitrogen and oxygen atoms in total. The summed E-state index contributed by atoms with van der Waals surface area (Å²) in [6, 6.07) is 0.135. The number of aliphatic carboxylic acids is 1. The number of hydrogen-bond acceptors (Lipinski definition) is 2. The van der Waals surface area contributed by atoms with Gasteiger partial charge in [-0.15, -0.1) is 0 Å². The first-order valence-corrected chi connectivity index (χ1v) is 3.67. The first-order chi connectivity index (χ1) is 4.70. The van der Waals surface area contributed by atoms with Crippen LogP contribution in [0.3, 0.4) is 0 Å². The van der Waals surface area contributed by atoms with E-state index in [1.54, 1.807) is 0 Å². The third kappa shape index (κ3) is 1.70. The third-order valence-corrected chi connectivity index (χ3v) is 2.15. The maximum atomic E-state index is 10.2. The van der Waals surface area contributed by atoms with Crippen molar-refractivity contribution in [2.75, 3.05) is 0 Å². The van der Waals surface area contributed by atoms with Gasteiger partial charge in [-0.2, -0.15) is 0 Å². The molecule has 1 aliphatic rings. The second kappa shape index (κ2) is 3.01. The van der Waals surface area contributed by atoms with Gasteiger partial charge >= 0.3 is 5.97 Å². The Hall–Kier alpha value is -0.570. The second-order valence-corrected chi connectivity index (χ2v) is 2.95. The fourth-order valence-electron chi connectivity index (χ4n) is 1.54. The highest BCUT2D eigenvalue weighted by Gasteiger charge is 2.25. The number of rotatable bonds is 2. The molecule has 58 valence electrons. The molecule has 3 heteroatoms. The zero-order chi connectivity index (χ0) is 7.56. The molecule has 10 heavy (non-hydrogen) atoms. The van der Waals surface area contributed by atoms with E-state index in [-0.39, 0.29) is 18.4 Å². The second-order valence-electron chi connectivity index (χ2n) is 2.95. The summed E-state index contributed by atoms with van der Waals surface area (Å²) in [5.74, 6) is -0.486. The standard InChI is InChI=1S/C7H13NO2/c8-6-3-1-2-5(6)4-7(9)10/h5-6H,1-4,8H2,(H,9,10). The lowest BCUT2D eigenvalue weighted by Gasteiger charge is -2.11. The van der Waals surface area contributed by atoms with Crippen molar-refractivity contribution in [3.63, 3.8) is 0 Å². The van der Waals surface area contributed by atoms with Gasteiger partial charge in [0.05, 0.1) is 0 Å². The van der Waals surface area contributed by atoms with Crippen LogP contribution in [0.1, 0.15) is 25.7 Å². The summed E-state index contributed by atoms with van der Waals surface area (Å²) in [7, 11) is 0. The van der Waals surface area contributed by atoms with Crippen LogP contribution in [0, 0.1) is 5.92 Å². The zero-order valence-electron chi connectivity index (χ0n) is 5.92. The SMILES string of the molecule is NC1CCCC1CC(=O)O. The van der Waals surface area contributed by atoms with Crippen LogP contribution in [-0.2, 0) is 4.79 Å². The van der Waals surface area contributed by atoms with Gasteiger partial charge < -0.3 is 10.8 Å². The molecule has 0 bridgehead atoms. The van der Waals surface area contributed by atoms with Gasteiger partial charge in [0, 0.05) is 12.5 Å². The quantitative estimate of drug-likeness (QED) is 0.594. The van der Waals surface area contributed by atoms with Crippen molar-refractivity contribution in [3.8, 4) is 0 Å². The minimum absolute atomic E-state index is 0.135. The van der Waals surface area contributed by atoms with E-state index < -0.39 is 5.97 Å². The van der Waals surface area contributed by atoms with Gasteiger partial charge in [0.25, 0.3) is 0 Å². The van der Waals surface area contributed by atoms with Gasteiger partial charge in [-0.1, -0.05) is 6.42 Å². The van der Waals surface area contributed by atoms with E-state index in [4.69, 9.17) is 10.8 Å². The summed E-state index contributed by atoms with van der Waals surface area (Å²) < 4.78 is 0. The highest BCUT2D eigenvalue weighted by Crippen LogP contribution is 2.26. The molecular weight excluding hydrogens is 130 g/mol. The van der Waals surface area contributed by atoms with Gasteiger partial charge in [0.2, 0.25) is 0 Å². The largest absolute Gasteiger partial charge is 0.481 e. The van der Waals surface area contributed by atoms with E-state index in [0.29, 0.717) is 0 Å². The Morgan fingerprint density at radius 1 is 1.60 bits per heavy atom. The summed E-state index contributed by atoms with van der Waals surface area (Å²) in [5, 5.41) is 8.44. The number of carboxylic acid groups (broad SMARTS) is 1. The van der Waals surface area contributed by atoms with Crippen LogP contribution < -0.4 is 5.73 Å². The number of carbonyl (C=O) groups is 1. The molecule has 0 aromatic heterocycles. The van der Waals surface area contributed by atoms with Gasteiger partial charge in [0.1, 0.15) is 0 Å². The summed E-state index contributed by atoms with van der Waals surface area (Å²) in [6.07, 6.45) is 3.34. The number of hydrogen-bond donors (Lipinski definition) is 2. The Balaban J connectivity index is 2.33. The van der Waals surface area contributed by atoms with Gasteiger partial charge in [-0.25, -0.2) is 0 Å². The lowest BCUT2D eigenvalue weighted by molar-refractivity contribution is -0.138. The van der Waals surface area contributed by atoms with Crippen molar-refractivity contribution in [2.24, 2.45) is 11.7 Å². The smallest absolute Gasteiger partial charge is 0.303 e. The molecule has 0 aliphatic heterocycles. The summed E-state index contributed by atoms with van der Waals surface area (Å²) in [5.41, 5.74) is 5.66. The monoisotopic (exact) mass is 143 g/mol. The van der Waals surface area contributed by atoms with Crippen LogP contribution in [-0.4, -0.2) is 17.1 Å². The molecule has 1 saturated carbocycles. The van der Waals surface area contributed by atoms with Crippen LogP contribution in [0.2, 0.25) is 0 Å². The van der Waals surface area contributed by atoms with Crippen LogP contribution in [0.4, 0.5) is 0 Å². The predicted molar refractivity (Wildman–Crippen MR) is 37.6 cm³/mol. The minimum Gasteiger partial charge on any atom is -0.481 e. The Labute approximate surface area is 60.2 Å². The van der Waals surface area contributed by atoms with Crippen LogP contribution in [0.15, 0.2) is 0 Å². The average molecular weight is 143 g/mol. The summed E-state index contributed by atoms with van der Waals surface area (Å²) in [4.78, 5) is 10.2. The molecule has 0 aromatic carbocycles. The predicted octanol–water partition coefficient (Wildman–Crippen LogP) is 0.588.